The molecule has 8 heteroatoms. The molecule has 0 fully saturated rings. The first-order valence-electron chi connectivity index (χ1n) is 10.4. The van der Waals surface area contributed by atoms with Crippen LogP contribution >= 0.6 is 0 Å². The average Bonchev–Trinajstić information content (AvgIpc) is 3.45. The average molecular weight is 429 g/mol. The number of imidazole rings is 1. The summed E-state index contributed by atoms with van der Waals surface area (Å²) in [5, 5.41) is 5.44. The molecule has 8 nitrogen and oxygen atoms in total. The van der Waals surface area contributed by atoms with Crippen molar-refractivity contribution < 1.29 is 13.9 Å². The molecule has 1 atom stereocenters. The zero-order chi connectivity index (χ0) is 21.9. The molecule has 0 saturated heterocycles. The van der Waals surface area contributed by atoms with Gasteiger partial charge < -0.3 is 19.6 Å². The molecule has 0 spiro atoms. The summed E-state index contributed by atoms with van der Waals surface area (Å²) in [6.07, 6.45) is 4.21. The minimum Gasteiger partial charge on any atom is -0.480 e. The molecule has 162 valence electrons. The Balaban J connectivity index is 1.44. The van der Waals surface area contributed by atoms with Gasteiger partial charge in [-0.2, -0.15) is 0 Å². The molecule has 0 aliphatic rings. The molecule has 2 N–H and O–H groups in total. The number of furan rings is 1. The molecule has 1 unspecified atom stereocenters. The maximum absolute atomic E-state index is 6.06. The van der Waals surface area contributed by atoms with Gasteiger partial charge >= 0.3 is 0 Å². The van der Waals surface area contributed by atoms with E-state index in [0.717, 1.165) is 11.8 Å². The summed E-state index contributed by atoms with van der Waals surface area (Å²) in [6, 6.07) is 17.6. The van der Waals surface area contributed by atoms with Crippen molar-refractivity contribution in [1.29, 1.82) is 0 Å². The van der Waals surface area contributed by atoms with Crippen molar-refractivity contribution in [2.45, 2.75) is 12.3 Å². The van der Waals surface area contributed by atoms with Crippen LogP contribution in [0.2, 0.25) is 0 Å². The number of hydrogen-bond donors (Lipinski definition) is 1. The van der Waals surface area contributed by atoms with Gasteiger partial charge in [-0.3, -0.25) is 0 Å². The van der Waals surface area contributed by atoms with Gasteiger partial charge in [0.2, 0.25) is 11.8 Å². The SMILES string of the molecule is COc1nccc2oc(-c3cnc4ccc(OCC(CCN)c5ccccc5)nn34)cc12. The second-order valence-corrected chi connectivity index (χ2v) is 7.42. The molecule has 0 aliphatic heterocycles. The molecular formula is C24H23N5O3. The van der Waals surface area contributed by atoms with E-state index in [4.69, 9.17) is 19.6 Å². The van der Waals surface area contributed by atoms with Crippen LogP contribution in [0.1, 0.15) is 17.9 Å². The third kappa shape index (κ3) is 3.76. The first-order valence-corrected chi connectivity index (χ1v) is 10.4. The van der Waals surface area contributed by atoms with Crippen LogP contribution < -0.4 is 15.2 Å². The molecule has 0 aliphatic carbocycles. The summed E-state index contributed by atoms with van der Waals surface area (Å²) < 4.78 is 19.1. The second kappa shape index (κ2) is 8.68. The van der Waals surface area contributed by atoms with Crippen LogP contribution in [0.15, 0.2) is 71.4 Å². The molecule has 1 aromatic carbocycles. The Labute approximate surface area is 184 Å². The Morgan fingerprint density at radius 1 is 1.09 bits per heavy atom. The smallest absolute Gasteiger partial charge is 0.231 e. The fourth-order valence-corrected chi connectivity index (χ4v) is 3.79. The van der Waals surface area contributed by atoms with Crippen LogP contribution in [0, 0.1) is 0 Å². The van der Waals surface area contributed by atoms with E-state index in [2.05, 4.69) is 27.2 Å². The van der Waals surface area contributed by atoms with Gasteiger partial charge in [0.15, 0.2) is 11.4 Å². The van der Waals surface area contributed by atoms with Crippen molar-refractivity contribution in [1.82, 2.24) is 19.6 Å². The summed E-state index contributed by atoms with van der Waals surface area (Å²) in [7, 11) is 1.58. The number of nitrogens with two attached hydrogens (primary N) is 1. The number of benzene rings is 1. The van der Waals surface area contributed by atoms with Crippen molar-refractivity contribution in [3.05, 3.63) is 72.6 Å². The highest BCUT2D eigenvalue weighted by Gasteiger charge is 2.17. The second-order valence-electron chi connectivity index (χ2n) is 7.42. The third-order valence-electron chi connectivity index (χ3n) is 5.41. The summed E-state index contributed by atoms with van der Waals surface area (Å²) in [4.78, 5) is 8.67. The monoisotopic (exact) mass is 429 g/mol. The first-order chi connectivity index (χ1) is 15.8. The van der Waals surface area contributed by atoms with E-state index in [9.17, 15) is 0 Å². The van der Waals surface area contributed by atoms with Crippen molar-refractivity contribution in [2.75, 3.05) is 20.3 Å². The van der Waals surface area contributed by atoms with Crippen LogP contribution in [0.4, 0.5) is 0 Å². The van der Waals surface area contributed by atoms with Crippen molar-refractivity contribution in [3.8, 4) is 23.2 Å². The molecule has 4 heterocycles. The molecular weight excluding hydrogens is 406 g/mol. The minimum atomic E-state index is 0.191. The van der Waals surface area contributed by atoms with Gasteiger partial charge in [-0.15, -0.1) is 5.10 Å². The lowest BCUT2D eigenvalue weighted by atomic mass is 9.97. The molecule has 32 heavy (non-hydrogen) atoms. The van der Waals surface area contributed by atoms with E-state index in [0.29, 0.717) is 47.6 Å². The highest BCUT2D eigenvalue weighted by atomic mass is 16.5. The number of pyridine rings is 1. The Bertz CT molecular complexity index is 1350. The normalized spacial score (nSPS) is 12.3. The van der Waals surface area contributed by atoms with Crippen molar-refractivity contribution in [2.24, 2.45) is 5.73 Å². The largest absolute Gasteiger partial charge is 0.480 e. The summed E-state index contributed by atoms with van der Waals surface area (Å²) in [5.41, 5.74) is 9.12. The van der Waals surface area contributed by atoms with Gasteiger partial charge in [0.1, 0.15) is 11.3 Å². The first kappa shape index (κ1) is 20.0. The van der Waals surface area contributed by atoms with Gasteiger partial charge in [0.25, 0.3) is 0 Å². The number of hydrogen-bond acceptors (Lipinski definition) is 7. The summed E-state index contributed by atoms with van der Waals surface area (Å²) in [5.74, 6) is 1.82. The van der Waals surface area contributed by atoms with E-state index in [-0.39, 0.29) is 5.92 Å². The molecule has 5 rings (SSSR count). The van der Waals surface area contributed by atoms with Gasteiger partial charge in [0, 0.05) is 24.2 Å². The topological polar surface area (TPSA) is 101 Å². The quantitative estimate of drug-likeness (QED) is 0.397. The lowest BCUT2D eigenvalue weighted by Gasteiger charge is -2.17. The zero-order valence-electron chi connectivity index (χ0n) is 17.6. The Hall–Kier alpha value is -3.91. The Morgan fingerprint density at radius 3 is 2.78 bits per heavy atom. The van der Waals surface area contributed by atoms with Crippen LogP contribution in [-0.4, -0.2) is 39.8 Å². The zero-order valence-corrected chi connectivity index (χ0v) is 17.6. The molecule has 0 bridgehead atoms. The predicted molar refractivity (Wildman–Crippen MR) is 121 cm³/mol. The van der Waals surface area contributed by atoms with Gasteiger partial charge in [0.05, 0.1) is 25.3 Å². The summed E-state index contributed by atoms with van der Waals surface area (Å²) >= 11 is 0. The number of methoxy groups -OCH3 is 1. The van der Waals surface area contributed by atoms with Crippen molar-refractivity contribution >= 4 is 16.6 Å². The van der Waals surface area contributed by atoms with Gasteiger partial charge in [-0.25, -0.2) is 14.5 Å². The van der Waals surface area contributed by atoms with E-state index in [1.54, 1.807) is 30.1 Å². The highest BCUT2D eigenvalue weighted by molar-refractivity contribution is 5.86. The highest BCUT2D eigenvalue weighted by Crippen LogP contribution is 2.32. The molecule has 0 radical (unpaired) electrons. The number of ether oxygens (including phenoxy) is 2. The van der Waals surface area contributed by atoms with Crippen LogP contribution in [0.5, 0.6) is 11.8 Å². The standard InChI is InChI=1S/C24H23N5O3/c1-30-24-18-13-21(32-20(18)10-12-26-24)19-14-27-22-7-8-23(28-29(19)22)31-15-17(9-11-25)16-5-3-2-4-6-16/h2-8,10,12-14,17H,9,11,15,25H2,1H3. The van der Waals surface area contributed by atoms with Crippen LogP contribution in [0.3, 0.4) is 0 Å². The number of fused-ring (bicyclic) bond motifs is 2. The fourth-order valence-electron chi connectivity index (χ4n) is 3.79. The summed E-state index contributed by atoms with van der Waals surface area (Å²) in [6.45, 7) is 1.07. The molecule has 5 aromatic rings. The molecule has 0 saturated carbocycles. The predicted octanol–water partition coefficient (Wildman–Crippen LogP) is 4.06. The maximum atomic E-state index is 6.06. The molecule has 4 aromatic heterocycles. The van der Waals surface area contributed by atoms with E-state index >= 15 is 0 Å². The third-order valence-corrected chi connectivity index (χ3v) is 5.41. The van der Waals surface area contributed by atoms with E-state index in [1.165, 1.54) is 5.56 Å². The van der Waals surface area contributed by atoms with E-state index < -0.39 is 0 Å². The minimum absolute atomic E-state index is 0.191. The Kier molecular flexibility index (Phi) is 5.43. The number of nitrogens with zero attached hydrogens (tertiary/aromatic N) is 4. The van der Waals surface area contributed by atoms with Crippen LogP contribution in [-0.2, 0) is 0 Å². The fraction of sp³-hybridized carbons (Fsp3) is 0.208. The van der Waals surface area contributed by atoms with E-state index in [1.807, 2.05) is 36.4 Å². The van der Waals surface area contributed by atoms with Gasteiger partial charge in [-0.05, 0) is 30.7 Å². The maximum Gasteiger partial charge on any atom is 0.231 e. The van der Waals surface area contributed by atoms with Gasteiger partial charge in [-0.1, -0.05) is 30.3 Å². The number of rotatable bonds is 8. The van der Waals surface area contributed by atoms with Crippen LogP contribution in [0.25, 0.3) is 28.1 Å². The lowest BCUT2D eigenvalue weighted by molar-refractivity contribution is 0.269. The van der Waals surface area contributed by atoms with Crippen molar-refractivity contribution in [3.63, 3.8) is 0 Å². The lowest BCUT2D eigenvalue weighted by Crippen LogP contribution is -2.15. The number of aromatic nitrogens is 4. The Morgan fingerprint density at radius 2 is 1.97 bits per heavy atom. The molecule has 0 amide bonds.